The minimum Gasteiger partial charge on any atom is -0.354 e. The van der Waals surface area contributed by atoms with Crippen molar-refractivity contribution in [2.24, 2.45) is 0 Å². The number of benzene rings is 1. The van der Waals surface area contributed by atoms with Crippen LogP contribution < -0.4 is 10.2 Å². The lowest BCUT2D eigenvalue weighted by Crippen LogP contribution is -2.43. The number of nitrogens with one attached hydrogen (secondary N) is 1. The molecule has 2 aromatic rings. The molecule has 0 amide bonds. The number of rotatable bonds is 4. The highest BCUT2D eigenvalue weighted by Gasteiger charge is 2.18. The van der Waals surface area contributed by atoms with Gasteiger partial charge < -0.3 is 10.2 Å². The molecule has 1 aliphatic heterocycles. The Kier molecular flexibility index (Phi) is 4.15. The smallest absolute Gasteiger partial charge is 0.273 e. The van der Waals surface area contributed by atoms with Gasteiger partial charge in [0.05, 0.1) is 17.1 Å². The van der Waals surface area contributed by atoms with E-state index in [9.17, 15) is 14.5 Å². The Morgan fingerprint density at radius 1 is 1.27 bits per heavy atom. The monoisotopic (exact) mass is 304 g/mol. The third-order valence-corrected chi connectivity index (χ3v) is 3.93. The van der Waals surface area contributed by atoms with E-state index in [4.69, 9.17) is 0 Å². The Labute approximate surface area is 127 Å². The summed E-state index contributed by atoms with van der Waals surface area (Å²) in [5, 5.41) is 15.0. The average molecular weight is 304 g/mol. The fourth-order valence-corrected chi connectivity index (χ4v) is 2.84. The van der Waals surface area contributed by atoms with Crippen LogP contribution in [0.1, 0.15) is 5.56 Å². The molecular weight excluding hydrogens is 287 g/mol. The topological polar surface area (TPSA) is 71.3 Å². The zero-order valence-electron chi connectivity index (χ0n) is 12.1. The van der Waals surface area contributed by atoms with Gasteiger partial charge in [0.25, 0.3) is 5.69 Å². The van der Waals surface area contributed by atoms with E-state index in [2.05, 4.69) is 15.2 Å². The summed E-state index contributed by atoms with van der Waals surface area (Å²) in [5.74, 6) is 0.856. The van der Waals surface area contributed by atoms with Gasteiger partial charge in [-0.2, -0.15) is 0 Å². The first-order valence-corrected chi connectivity index (χ1v) is 7.29. The summed E-state index contributed by atoms with van der Waals surface area (Å²) in [5.41, 5.74) is 1.05. The number of hydrogen-bond donors (Lipinski definition) is 1. The van der Waals surface area contributed by atoms with E-state index in [1.54, 1.807) is 6.07 Å². The van der Waals surface area contributed by atoms with Gasteiger partial charge in [0.2, 0.25) is 0 Å². The lowest BCUT2D eigenvalue weighted by Gasteiger charge is -2.28. The van der Waals surface area contributed by atoms with Crippen LogP contribution in [-0.4, -0.2) is 42.8 Å². The predicted molar refractivity (Wildman–Crippen MR) is 83.2 cm³/mol. The highest BCUT2D eigenvalue weighted by atomic mass is 19.1. The molecule has 1 fully saturated rings. The van der Waals surface area contributed by atoms with Crippen molar-refractivity contribution in [1.29, 1.82) is 0 Å². The third-order valence-electron chi connectivity index (χ3n) is 3.93. The molecule has 1 aromatic heterocycles. The second kappa shape index (κ2) is 6.23. The highest BCUT2D eigenvalue weighted by molar-refractivity contribution is 5.87. The summed E-state index contributed by atoms with van der Waals surface area (Å²) in [7, 11) is 0. The normalized spacial score (nSPS) is 15.2. The summed E-state index contributed by atoms with van der Waals surface area (Å²) in [6.45, 7) is 2.95. The number of pyridine rings is 1. The number of piperazine rings is 1. The van der Waals surface area contributed by atoms with Crippen LogP contribution in [0.15, 0.2) is 24.3 Å². The van der Waals surface area contributed by atoms with E-state index in [-0.39, 0.29) is 12.1 Å². The van der Waals surface area contributed by atoms with Crippen molar-refractivity contribution < 1.29 is 9.31 Å². The van der Waals surface area contributed by atoms with Crippen LogP contribution in [0.3, 0.4) is 0 Å². The van der Waals surface area contributed by atoms with Crippen molar-refractivity contribution in [1.82, 2.24) is 10.3 Å². The van der Waals surface area contributed by atoms with Crippen LogP contribution >= 0.6 is 0 Å². The first-order valence-electron chi connectivity index (χ1n) is 7.29. The molecule has 7 heteroatoms. The number of nitro groups is 1. The van der Waals surface area contributed by atoms with Crippen molar-refractivity contribution in [3.05, 3.63) is 39.9 Å². The molecule has 116 valence electrons. The minimum absolute atomic E-state index is 0.0301. The van der Waals surface area contributed by atoms with Crippen LogP contribution in [-0.2, 0) is 6.42 Å². The Morgan fingerprint density at radius 3 is 2.73 bits per heavy atom. The molecule has 1 aromatic carbocycles. The summed E-state index contributed by atoms with van der Waals surface area (Å²) in [4.78, 5) is 17.4. The van der Waals surface area contributed by atoms with Gasteiger partial charge in [0, 0.05) is 49.6 Å². The number of aromatic nitrogens is 1. The van der Waals surface area contributed by atoms with E-state index >= 15 is 0 Å². The van der Waals surface area contributed by atoms with E-state index in [0.29, 0.717) is 16.5 Å². The molecule has 2 heterocycles. The summed E-state index contributed by atoms with van der Waals surface area (Å²) < 4.78 is 12.8. The lowest BCUT2D eigenvalue weighted by molar-refractivity contribution is -0.385. The molecule has 0 saturated carbocycles. The number of nitro benzene ring substituents is 1. The zero-order chi connectivity index (χ0) is 15.5. The number of alkyl halides is 1. The SMILES string of the molecule is O=[N+]([O-])c1ccc2nc(N3CCNCC3)ccc2c1CCF. The summed E-state index contributed by atoms with van der Waals surface area (Å²) in [6.07, 6.45) is 0.0301. The van der Waals surface area contributed by atoms with Crippen molar-refractivity contribution in [3.63, 3.8) is 0 Å². The second-order valence-corrected chi connectivity index (χ2v) is 5.23. The predicted octanol–water partition coefficient (Wildman–Crippen LogP) is 2.06. The molecule has 1 aliphatic rings. The van der Waals surface area contributed by atoms with E-state index < -0.39 is 11.6 Å². The van der Waals surface area contributed by atoms with Crippen molar-refractivity contribution in [2.45, 2.75) is 6.42 Å². The molecule has 0 radical (unpaired) electrons. The number of aryl methyl sites for hydroxylation is 1. The Bertz CT molecular complexity index is 701. The molecule has 1 N–H and O–H groups in total. The van der Waals surface area contributed by atoms with E-state index in [1.165, 1.54) is 6.07 Å². The first-order chi connectivity index (χ1) is 10.7. The molecule has 3 rings (SSSR count). The number of halogens is 1. The largest absolute Gasteiger partial charge is 0.354 e. The fourth-order valence-electron chi connectivity index (χ4n) is 2.84. The van der Waals surface area contributed by atoms with Crippen molar-refractivity contribution in [3.8, 4) is 0 Å². The van der Waals surface area contributed by atoms with Gasteiger partial charge in [-0.05, 0) is 18.2 Å². The van der Waals surface area contributed by atoms with Crippen LogP contribution in [0, 0.1) is 10.1 Å². The molecule has 0 spiro atoms. The van der Waals surface area contributed by atoms with Gasteiger partial charge in [-0.1, -0.05) is 0 Å². The Balaban J connectivity index is 2.05. The van der Waals surface area contributed by atoms with Crippen LogP contribution in [0.2, 0.25) is 0 Å². The number of hydrogen-bond acceptors (Lipinski definition) is 5. The highest BCUT2D eigenvalue weighted by Crippen LogP contribution is 2.29. The van der Waals surface area contributed by atoms with Gasteiger partial charge >= 0.3 is 0 Å². The molecule has 1 saturated heterocycles. The fraction of sp³-hybridized carbons (Fsp3) is 0.400. The first kappa shape index (κ1) is 14.6. The van der Waals surface area contributed by atoms with Gasteiger partial charge in [-0.3, -0.25) is 14.5 Å². The van der Waals surface area contributed by atoms with E-state index in [1.807, 2.05) is 12.1 Å². The van der Waals surface area contributed by atoms with E-state index in [0.717, 1.165) is 32.0 Å². The maximum atomic E-state index is 12.8. The molecule has 0 unspecified atom stereocenters. The molecule has 0 aliphatic carbocycles. The molecule has 6 nitrogen and oxygen atoms in total. The quantitative estimate of drug-likeness (QED) is 0.691. The molecule has 0 atom stereocenters. The summed E-state index contributed by atoms with van der Waals surface area (Å²) >= 11 is 0. The summed E-state index contributed by atoms with van der Waals surface area (Å²) in [6, 6.07) is 6.74. The van der Waals surface area contributed by atoms with Gasteiger partial charge in [-0.15, -0.1) is 0 Å². The standard InChI is InChI=1S/C15H17FN4O2/c16-6-5-12-11-1-4-15(19-9-7-17-8-10-19)18-13(11)2-3-14(12)20(21)22/h1-4,17H,5-10H2. The molecule has 22 heavy (non-hydrogen) atoms. The minimum atomic E-state index is -0.625. The maximum Gasteiger partial charge on any atom is 0.273 e. The lowest BCUT2D eigenvalue weighted by atomic mass is 10.0. The Hall–Kier alpha value is -2.28. The maximum absolute atomic E-state index is 12.8. The molecule has 0 bridgehead atoms. The van der Waals surface area contributed by atoms with Crippen LogP contribution in [0.4, 0.5) is 15.9 Å². The Morgan fingerprint density at radius 2 is 2.05 bits per heavy atom. The van der Waals surface area contributed by atoms with Crippen molar-refractivity contribution >= 4 is 22.4 Å². The average Bonchev–Trinajstić information content (AvgIpc) is 2.55. The number of anilines is 1. The van der Waals surface area contributed by atoms with Gasteiger partial charge in [0.1, 0.15) is 5.82 Å². The number of fused-ring (bicyclic) bond motifs is 1. The van der Waals surface area contributed by atoms with Crippen LogP contribution in [0.25, 0.3) is 10.9 Å². The van der Waals surface area contributed by atoms with Crippen molar-refractivity contribution in [2.75, 3.05) is 37.8 Å². The second-order valence-electron chi connectivity index (χ2n) is 5.23. The number of nitrogens with zero attached hydrogens (tertiary/aromatic N) is 3. The third kappa shape index (κ3) is 2.71. The van der Waals surface area contributed by atoms with Gasteiger partial charge in [0.15, 0.2) is 0 Å². The van der Waals surface area contributed by atoms with Crippen LogP contribution in [0.5, 0.6) is 0 Å². The molecular formula is C15H17FN4O2. The zero-order valence-corrected chi connectivity index (χ0v) is 12.1. The van der Waals surface area contributed by atoms with Gasteiger partial charge in [-0.25, -0.2) is 4.98 Å².